The van der Waals surface area contributed by atoms with Crippen LogP contribution in [0.15, 0.2) is 28.8 Å². The molecule has 2 heterocycles. The number of hydrogen-bond acceptors (Lipinski definition) is 5. The maximum absolute atomic E-state index is 11.6. The van der Waals surface area contributed by atoms with E-state index in [4.69, 9.17) is 16.1 Å². The number of benzene rings is 1. The van der Waals surface area contributed by atoms with Crippen molar-refractivity contribution in [2.75, 3.05) is 11.5 Å². The Bertz CT molecular complexity index is 727. The van der Waals surface area contributed by atoms with E-state index >= 15 is 0 Å². The van der Waals surface area contributed by atoms with Crippen molar-refractivity contribution < 1.29 is 12.9 Å². The lowest BCUT2D eigenvalue weighted by molar-refractivity contribution is 0.350. The molecule has 0 N–H and O–H groups in total. The molecule has 106 valence electrons. The Labute approximate surface area is 121 Å². The van der Waals surface area contributed by atoms with Crippen LogP contribution in [-0.2, 0) is 9.84 Å². The Hall–Kier alpha value is -1.40. The van der Waals surface area contributed by atoms with E-state index in [0.717, 1.165) is 12.0 Å². The van der Waals surface area contributed by atoms with Crippen LogP contribution >= 0.6 is 11.6 Å². The van der Waals surface area contributed by atoms with E-state index in [-0.39, 0.29) is 17.4 Å². The van der Waals surface area contributed by atoms with Gasteiger partial charge in [-0.2, -0.15) is 4.98 Å². The summed E-state index contributed by atoms with van der Waals surface area (Å²) in [6.45, 7) is 0. The van der Waals surface area contributed by atoms with E-state index < -0.39 is 9.84 Å². The predicted molar refractivity (Wildman–Crippen MR) is 75.4 cm³/mol. The van der Waals surface area contributed by atoms with Crippen molar-refractivity contribution >= 4 is 21.4 Å². The smallest absolute Gasteiger partial charge is 0.231 e. The first-order valence-corrected chi connectivity index (χ1v) is 8.53. The summed E-state index contributed by atoms with van der Waals surface area (Å²) in [5.41, 5.74) is 0.756. The van der Waals surface area contributed by atoms with E-state index in [1.807, 2.05) is 6.07 Å². The van der Waals surface area contributed by atoms with Gasteiger partial charge in [-0.05, 0) is 25.0 Å². The van der Waals surface area contributed by atoms with Crippen molar-refractivity contribution in [1.29, 1.82) is 0 Å². The van der Waals surface area contributed by atoms with Crippen molar-refractivity contribution in [2.24, 2.45) is 0 Å². The fraction of sp³-hybridized carbons (Fsp3) is 0.385. The zero-order valence-corrected chi connectivity index (χ0v) is 12.2. The minimum Gasteiger partial charge on any atom is -0.339 e. The molecule has 0 saturated carbocycles. The third kappa shape index (κ3) is 2.86. The normalized spacial score (nSPS) is 21.8. The highest BCUT2D eigenvalue weighted by atomic mass is 35.5. The van der Waals surface area contributed by atoms with E-state index in [1.165, 1.54) is 0 Å². The molecular weight excluding hydrogens is 300 g/mol. The summed E-state index contributed by atoms with van der Waals surface area (Å²) in [6.07, 6.45) is 1.40. The van der Waals surface area contributed by atoms with Crippen LogP contribution in [0, 0.1) is 0 Å². The van der Waals surface area contributed by atoms with Crippen LogP contribution in [0.2, 0.25) is 5.02 Å². The van der Waals surface area contributed by atoms with Gasteiger partial charge in [0.15, 0.2) is 9.84 Å². The van der Waals surface area contributed by atoms with E-state index in [9.17, 15) is 8.42 Å². The fourth-order valence-electron chi connectivity index (χ4n) is 2.36. The molecule has 1 aromatic heterocycles. The lowest BCUT2D eigenvalue weighted by Crippen LogP contribution is -2.23. The van der Waals surface area contributed by atoms with Crippen molar-refractivity contribution in [3.63, 3.8) is 0 Å². The maximum atomic E-state index is 11.6. The van der Waals surface area contributed by atoms with Crippen LogP contribution in [0.5, 0.6) is 0 Å². The number of sulfone groups is 1. The van der Waals surface area contributed by atoms with Gasteiger partial charge < -0.3 is 4.52 Å². The second-order valence-corrected chi connectivity index (χ2v) is 7.59. The highest BCUT2D eigenvalue weighted by molar-refractivity contribution is 7.91. The lowest BCUT2D eigenvalue weighted by Gasteiger charge is -2.17. The summed E-state index contributed by atoms with van der Waals surface area (Å²) >= 11 is 5.92. The molecule has 2 aromatic rings. The summed E-state index contributed by atoms with van der Waals surface area (Å²) < 4.78 is 28.5. The third-order valence-electron chi connectivity index (χ3n) is 3.34. The first kappa shape index (κ1) is 13.6. The van der Waals surface area contributed by atoms with Gasteiger partial charge in [0.1, 0.15) is 0 Å². The molecule has 3 rings (SSSR count). The van der Waals surface area contributed by atoms with Crippen LogP contribution in [-0.4, -0.2) is 30.1 Å². The fourth-order valence-corrected chi connectivity index (χ4v) is 4.25. The van der Waals surface area contributed by atoms with Gasteiger partial charge in [0.05, 0.1) is 17.4 Å². The Kier molecular flexibility index (Phi) is 3.52. The largest absolute Gasteiger partial charge is 0.339 e. The molecule has 1 saturated heterocycles. The molecule has 0 aliphatic carbocycles. The van der Waals surface area contributed by atoms with Gasteiger partial charge >= 0.3 is 0 Å². The molecule has 20 heavy (non-hydrogen) atoms. The van der Waals surface area contributed by atoms with Gasteiger partial charge in [-0.3, -0.25) is 0 Å². The highest BCUT2D eigenvalue weighted by Gasteiger charge is 2.30. The number of nitrogens with zero attached hydrogens (tertiary/aromatic N) is 2. The van der Waals surface area contributed by atoms with Gasteiger partial charge in [-0.1, -0.05) is 28.9 Å². The Balaban J connectivity index is 1.87. The molecule has 1 aliphatic heterocycles. The monoisotopic (exact) mass is 312 g/mol. The van der Waals surface area contributed by atoms with Crippen molar-refractivity contribution in [3.05, 3.63) is 35.2 Å². The Morgan fingerprint density at radius 2 is 2.20 bits per heavy atom. The lowest BCUT2D eigenvalue weighted by atomic mass is 10.1. The van der Waals surface area contributed by atoms with Crippen LogP contribution in [0.1, 0.15) is 24.7 Å². The zero-order valence-electron chi connectivity index (χ0n) is 10.6. The number of aromatic nitrogens is 2. The SMILES string of the molecule is O=S1(=O)CCCC(c2nc(-c3cccc(Cl)c3)no2)C1. The molecule has 0 bridgehead atoms. The maximum Gasteiger partial charge on any atom is 0.231 e. The number of rotatable bonds is 2. The minimum absolute atomic E-state index is 0.0875. The molecule has 0 radical (unpaired) electrons. The predicted octanol–water partition coefficient (Wildman–Crippen LogP) is 2.68. The number of hydrogen-bond donors (Lipinski definition) is 0. The molecule has 7 heteroatoms. The van der Waals surface area contributed by atoms with Crippen LogP contribution in [0.3, 0.4) is 0 Å². The molecule has 1 atom stereocenters. The summed E-state index contributed by atoms with van der Waals surface area (Å²) in [6, 6.07) is 7.14. The van der Waals surface area contributed by atoms with E-state index in [1.54, 1.807) is 18.2 Å². The zero-order chi connectivity index (χ0) is 14.2. The summed E-state index contributed by atoms with van der Waals surface area (Å²) in [5.74, 6) is 0.964. The summed E-state index contributed by atoms with van der Waals surface area (Å²) in [7, 11) is -2.99. The molecule has 1 fully saturated rings. The second kappa shape index (κ2) is 5.18. The first-order valence-electron chi connectivity index (χ1n) is 6.33. The minimum atomic E-state index is -2.99. The quantitative estimate of drug-likeness (QED) is 0.852. The average molecular weight is 313 g/mol. The Morgan fingerprint density at radius 3 is 2.95 bits per heavy atom. The van der Waals surface area contributed by atoms with E-state index in [2.05, 4.69) is 10.1 Å². The molecule has 1 aliphatic rings. The average Bonchev–Trinajstić information content (AvgIpc) is 2.87. The molecule has 5 nitrogen and oxygen atoms in total. The van der Waals surface area contributed by atoms with Crippen molar-refractivity contribution in [1.82, 2.24) is 10.1 Å². The topological polar surface area (TPSA) is 73.1 Å². The molecule has 0 amide bonds. The molecule has 1 aromatic carbocycles. The van der Waals surface area contributed by atoms with Crippen molar-refractivity contribution in [3.8, 4) is 11.4 Å². The van der Waals surface area contributed by atoms with E-state index in [0.29, 0.717) is 23.2 Å². The van der Waals surface area contributed by atoms with Gasteiger partial charge in [0.2, 0.25) is 11.7 Å². The summed E-state index contributed by atoms with van der Waals surface area (Å²) in [5, 5.41) is 4.50. The van der Waals surface area contributed by atoms with Gasteiger partial charge in [0, 0.05) is 10.6 Å². The second-order valence-electron chi connectivity index (χ2n) is 4.92. The number of halogens is 1. The van der Waals surface area contributed by atoms with Crippen molar-refractivity contribution in [2.45, 2.75) is 18.8 Å². The first-order chi connectivity index (χ1) is 9.53. The molecule has 0 spiro atoms. The standard InChI is InChI=1S/C13H13ClN2O3S/c14-11-5-1-3-9(7-11)12-15-13(19-16-12)10-4-2-6-20(17,18)8-10/h1,3,5,7,10H,2,4,6,8H2. The summed E-state index contributed by atoms with van der Waals surface area (Å²) in [4.78, 5) is 4.31. The highest BCUT2D eigenvalue weighted by Crippen LogP contribution is 2.29. The molecular formula is C13H13ClN2O3S. The van der Waals surface area contributed by atoms with Gasteiger partial charge in [0.25, 0.3) is 0 Å². The Morgan fingerprint density at radius 1 is 1.35 bits per heavy atom. The van der Waals surface area contributed by atoms with Gasteiger partial charge in [-0.15, -0.1) is 0 Å². The van der Waals surface area contributed by atoms with Crippen LogP contribution in [0.4, 0.5) is 0 Å². The molecule has 1 unspecified atom stereocenters. The van der Waals surface area contributed by atoms with Crippen LogP contribution in [0.25, 0.3) is 11.4 Å². The third-order valence-corrected chi connectivity index (χ3v) is 5.39. The van der Waals surface area contributed by atoms with Crippen LogP contribution < -0.4 is 0 Å². The van der Waals surface area contributed by atoms with Gasteiger partial charge in [-0.25, -0.2) is 8.42 Å².